The summed E-state index contributed by atoms with van der Waals surface area (Å²) in [7, 11) is 0. The summed E-state index contributed by atoms with van der Waals surface area (Å²) in [6.45, 7) is 15.0. The quantitative estimate of drug-likeness (QED) is 0.112. The Kier molecular flexibility index (Phi) is 9.12. The molecule has 0 fully saturated rings. The molecule has 0 spiro atoms. The summed E-state index contributed by atoms with van der Waals surface area (Å²) in [6, 6.07) is 61.9. The van der Waals surface area contributed by atoms with E-state index >= 15 is 0 Å². The Hall–Kier alpha value is -8.60. The minimum atomic E-state index is 0.855. The number of hydrogen-bond acceptors (Lipinski definition) is 4. The van der Waals surface area contributed by atoms with Gasteiger partial charge in [-0.25, -0.2) is 0 Å². The molecule has 13 aromatic rings. The Balaban J connectivity index is 1.09. The molecule has 2 heterocycles. The largest absolute Gasteiger partial charge is 0.454 e. The van der Waals surface area contributed by atoms with Crippen molar-refractivity contribution < 1.29 is 8.83 Å². The number of rotatable bonds is 8. The Morgan fingerprint density at radius 3 is 1.41 bits per heavy atom. The first-order valence-corrected chi connectivity index (χ1v) is 23.8. The molecule has 4 nitrogen and oxygen atoms in total. The Labute approximate surface area is 400 Å². The number of furan rings is 2. The molecule has 4 heteroatoms. The summed E-state index contributed by atoms with van der Waals surface area (Å²) in [6.07, 6.45) is 5.93. The Morgan fingerprint density at radius 2 is 0.841 bits per heavy atom. The molecule has 0 saturated heterocycles. The fourth-order valence-electron chi connectivity index (χ4n) is 11.5. The summed E-state index contributed by atoms with van der Waals surface area (Å²) < 4.78 is 14.0. The molecule has 0 aliphatic rings. The lowest BCUT2D eigenvalue weighted by molar-refractivity contribution is 0.668. The molecule has 0 unspecified atom stereocenters. The third kappa shape index (κ3) is 6.01. The maximum absolute atomic E-state index is 6.98. The molecular formula is C65H48N2O2. The second-order valence-corrected chi connectivity index (χ2v) is 18.7. The lowest BCUT2D eigenvalue weighted by Gasteiger charge is -2.31. The minimum Gasteiger partial charge on any atom is -0.454 e. The average Bonchev–Trinajstić information content (AvgIpc) is 3.96. The van der Waals surface area contributed by atoms with Gasteiger partial charge in [-0.15, -0.1) is 0 Å². The van der Waals surface area contributed by atoms with E-state index < -0.39 is 0 Å². The van der Waals surface area contributed by atoms with Crippen LogP contribution in [0.2, 0.25) is 0 Å². The van der Waals surface area contributed by atoms with Gasteiger partial charge in [0.05, 0.1) is 34.1 Å². The monoisotopic (exact) mass is 888 g/mol. The third-order valence-electron chi connectivity index (χ3n) is 14.6. The van der Waals surface area contributed by atoms with Gasteiger partial charge in [-0.3, -0.25) is 0 Å². The number of hydrogen-bond donors (Lipinski definition) is 0. The highest BCUT2D eigenvalue weighted by Gasteiger charge is 2.28. The Bertz CT molecular complexity index is 4260. The van der Waals surface area contributed by atoms with Gasteiger partial charge in [-0.1, -0.05) is 158 Å². The van der Waals surface area contributed by atoms with Crippen LogP contribution in [-0.4, -0.2) is 0 Å². The fraction of sp³-hybridized carbons (Fsp3) is 0.0769. The van der Waals surface area contributed by atoms with E-state index in [0.29, 0.717) is 0 Å². The highest BCUT2D eigenvalue weighted by Crippen LogP contribution is 2.52. The van der Waals surface area contributed by atoms with Crippen molar-refractivity contribution in [3.63, 3.8) is 0 Å². The topological polar surface area (TPSA) is 32.8 Å². The molecule has 0 aliphatic heterocycles. The molecular weight excluding hydrogens is 841 g/mol. The van der Waals surface area contributed by atoms with Crippen LogP contribution in [0.4, 0.5) is 34.1 Å². The SMILES string of the molecule is C=C/C=C\c1ccc2oc3c(N(c4c(C)cccc4C)c4ccc5ccc6c(N(c7c(C)cccc7C)c7cccc8c7oc7ccc9ccccc9c78)ccc7ccc4c5c76)cccc3c2c1C. The van der Waals surface area contributed by atoms with Crippen molar-refractivity contribution in [2.24, 2.45) is 0 Å². The van der Waals surface area contributed by atoms with Crippen LogP contribution in [0.1, 0.15) is 33.4 Å². The number of nitrogens with zero attached hydrogens (tertiary/aromatic N) is 2. The smallest absolute Gasteiger partial charge is 0.159 e. The number of fused-ring (bicyclic) bond motifs is 8. The zero-order valence-corrected chi connectivity index (χ0v) is 39.3. The predicted molar refractivity (Wildman–Crippen MR) is 294 cm³/mol. The van der Waals surface area contributed by atoms with Crippen LogP contribution in [0.15, 0.2) is 197 Å². The van der Waals surface area contributed by atoms with E-state index in [1.165, 1.54) is 65.5 Å². The second kappa shape index (κ2) is 15.5. The highest BCUT2D eigenvalue weighted by molar-refractivity contribution is 6.29. The molecule has 0 bridgehead atoms. The maximum Gasteiger partial charge on any atom is 0.159 e. The van der Waals surface area contributed by atoms with Gasteiger partial charge in [0, 0.05) is 32.3 Å². The van der Waals surface area contributed by atoms with Crippen molar-refractivity contribution >= 4 is 127 Å². The van der Waals surface area contributed by atoms with Crippen LogP contribution in [-0.2, 0) is 0 Å². The first-order valence-electron chi connectivity index (χ1n) is 23.8. The van der Waals surface area contributed by atoms with E-state index in [4.69, 9.17) is 8.83 Å². The number of benzene rings is 11. The van der Waals surface area contributed by atoms with E-state index in [9.17, 15) is 0 Å². The highest BCUT2D eigenvalue weighted by atomic mass is 16.3. The van der Waals surface area contributed by atoms with Crippen LogP contribution in [0.25, 0.3) is 93.0 Å². The van der Waals surface area contributed by atoms with Gasteiger partial charge < -0.3 is 18.6 Å². The normalized spacial score (nSPS) is 12.1. The van der Waals surface area contributed by atoms with Crippen molar-refractivity contribution in [3.05, 3.63) is 222 Å². The molecule has 330 valence electrons. The van der Waals surface area contributed by atoms with Crippen molar-refractivity contribution in [2.45, 2.75) is 34.6 Å². The lowest BCUT2D eigenvalue weighted by atomic mass is 9.91. The van der Waals surface area contributed by atoms with Gasteiger partial charge in [-0.05, 0) is 137 Å². The van der Waals surface area contributed by atoms with Crippen LogP contribution < -0.4 is 9.80 Å². The molecule has 0 N–H and O–H groups in total. The molecule has 0 saturated carbocycles. The van der Waals surface area contributed by atoms with E-state index in [2.05, 4.69) is 227 Å². The fourth-order valence-corrected chi connectivity index (χ4v) is 11.5. The zero-order valence-electron chi connectivity index (χ0n) is 39.3. The maximum atomic E-state index is 6.98. The third-order valence-corrected chi connectivity index (χ3v) is 14.6. The van der Waals surface area contributed by atoms with Crippen LogP contribution in [0.5, 0.6) is 0 Å². The van der Waals surface area contributed by atoms with Gasteiger partial charge in [-0.2, -0.15) is 0 Å². The molecule has 13 rings (SSSR count). The summed E-state index contributed by atoms with van der Waals surface area (Å²) in [4.78, 5) is 4.90. The van der Waals surface area contributed by atoms with Crippen molar-refractivity contribution in [1.82, 2.24) is 0 Å². The van der Waals surface area contributed by atoms with Gasteiger partial charge in [0.25, 0.3) is 0 Å². The molecule has 0 atom stereocenters. The first-order chi connectivity index (χ1) is 33.8. The summed E-state index contributed by atoms with van der Waals surface area (Å²) in [5.74, 6) is 0. The summed E-state index contributed by atoms with van der Waals surface area (Å²) in [5.41, 5.74) is 17.0. The standard InChI is InChI=1S/C65H48N2O2/c1-7-8-19-43-30-36-56-58(42(43)6)50-22-13-24-54(64(50)68-56)66(62-38(2)15-11-16-39(62)3)52-34-28-45-27-33-49-53(35-29-46-26-32-48(52)59(45)60(46)49)67(63-40(4)17-12-18-41(63)5)55-25-14-23-51-61-47-21-10-9-20-44(47)31-37-57(61)69-65(51)55/h7-37H,1H2,2-6H3/b19-8-. The van der Waals surface area contributed by atoms with Crippen molar-refractivity contribution in [2.75, 3.05) is 9.80 Å². The van der Waals surface area contributed by atoms with Gasteiger partial charge in [0.2, 0.25) is 0 Å². The number of aryl methyl sites for hydroxylation is 5. The van der Waals surface area contributed by atoms with Gasteiger partial charge in [0.15, 0.2) is 11.2 Å². The number of anilines is 6. The molecule has 0 aliphatic carbocycles. The summed E-state index contributed by atoms with van der Waals surface area (Å²) >= 11 is 0. The summed E-state index contributed by atoms with van der Waals surface area (Å²) in [5, 5.41) is 14.0. The molecule has 0 amide bonds. The van der Waals surface area contributed by atoms with Crippen LogP contribution in [0.3, 0.4) is 0 Å². The van der Waals surface area contributed by atoms with Crippen LogP contribution >= 0.6 is 0 Å². The van der Waals surface area contributed by atoms with E-state index in [1.807, 2.05) is 12.2 Å². The number of para-hydroxylation sites is 4. The molecule has 2 aromatic heterocycles. The lowest BCUT2D eigenvalue weighted by Crippen LogP contribution is -2.14. The van der Waals surface area contributed by atoms with Crippen LogP contribution in [0, 0.1) is 34.6 Å². The second-order valence-electron chi connectivity index (χ2n) is 18.7. The van der Waals surface area contributed by atoms with E-state index in [1.54, 1.807) is 0 Å². The van der Waals surface area contributed by atoms with E-state index in [-0.39, 0.29) is 0 Å². The van der Waals surface area contributed by atoms with Gasteiger partial charge in [0.1, 0.15) is 11.2 Å². The Morgan fingerprint density at radius 1 is 0.377 bits per heavy atom. The van der Waals surface area contributed by atoms with Gasteiger partial charge >= 0.3 is 0 Å². The molecule has 0 radical (unpaired) electrons. The zero-order chi connectivity index (χ0) is 46.7. The van der Waals surface area contributed by atoms with E-state index in [0.717, 1.165) is 89.0 Å². The number of allylic oxidation sites excluding steroid dienone is 2. The average molecular weight is 889 g/mol. The van der Waals surface area contributed by atoms with Crippen molar-refractivity contribution in [1.29, 1.82) is 0 Å². The van der Waals surface area contributed by atoms with Crippen molar-refractivity contribution in [3.8, 4) is 0 Å². The molecule has 69 heavy (non-hydrogen) atoms. The predicted octanol–water partition coefficient (Wildman–Crippen LogP) is 19.2. The molecule has 11 aromatic carbocycles. The first kappa shape index (κ1) is 40.7. The minimum absolute atomic E-state index is 0.855.